The molecule has 3 heterocycles. The number of likely N-dealkylation sites (N-methyl/N-ethyl adjacent to an activating group) is 1. The number of likely N-dealkylation sites (tertiary alicyclic amines) is 1. The van der Waals surface area contributed by atoms with Crippen LogP contribution < -0.4 is 5.32 Å². The Balaban J connectivity index is 1.36. The van der Waals surface area contributed by atoms with E-state index in [1.54, 1.807) is 11.3 Å². The molecule has 1 unspecified atom stereocenters. The Morgan fingerprint density at radius 3 is 3.29 bits per heavy atom. The highest BCUT2D eigenvalue weighted by Crippen LogP contribution is 2.25. The maximum atomic E-state index is 11.9. The van der Waals surface area contributed by atoms with Crippen LogP contribution in [-0.4, -0.2) is 48.2 Å². The van der Waals surface area contributed by atoms with Gasteiger partial charge in [-0.3, -0.25) is 9.69 Å². The van der Waals surface area contributed by atoms with Crippen molar-refractivity contribution in [3.05, 3.63) is 29.3 Å². The molecular weight excluding hydrogens is 326 g/mol. The van der Waals surface area contributed by atoms with Gasteiger partial charge in [0.25, 0.3) is 0 Å². The summed E-state index contributed by atoms with van der Waals surface area (Å²) in [6, 6.07) is 6.25. The molecule has 0 aliphatic carbocycles. The number of hydrogen-bond donors (Lipinski definition) is 1. The van der Waals surface area contributed by atoms with Crippen molar-refractivity contribution in [1.82, 2.24) is 15.4 Å². The molecule has 24 heavy (non-hydrogen) atoms. The van der Waals surface area contributed by atoms with Gasteiger partial charge in [0, 0.05) is 18.7 Å². The van der Waals surface area contributed by atoms with Crippen LogP contribution in [0.25, 0.3) is 10.6 Å². The lowest BCUT2D eigenvalue weighted by Crippen LogP contribution is -2.41. The number of hydrogen-bond acceptors (Lipinski definition) is 6. The summed E-state index contributed by atoms with van der Waals surface area (Å²) < 4.78 is 10.7. The standard InChI is InChI=1S/C17H23N3O3S/c1-2-20-7-3-5-14(20)10-18-17(21)12-22-11-13-9-15(23-19-13)16-6-4-8-24-16/h4,6,8-9,14H,2-3,5,7,10-12H2,1H3,(H,18,21). The van der Waals surface area contributed by atoms with Crippen LogP contribution in [0.4, 0.5) is 0 Å². The van der Waals surface area contributed by atoms with E-state index in [1.165, 1.54) is 6.42 Å². The first-order valence-corrected chi connectivity index (χ1v) is 9.22. The number of ether oxygens (including phenoxy) is 1. The Labute approximate surface area is 145 Å². The summed E-state index contributed by atoms with van der Waals surface area (Å²) in [5, 5.41) is 8.91. The van der Waals surface area contributed by atoms with Gasteiger partial charge in [0.1, 0.15) is 12.3 Å². The molecule has 0 spiro atoms. The minimum Gasteiger partial charge on any atom is -0.365 e. The van der Waals surface area contributed by atoms with Crippen LogP contribution in [0.15, 0.2) is 28.1 Å². The molecule has 1 atom stereocenters. The van der Waals surface area contributed by atoms with Crippen LogP contribution >= 0.6 is 11.3 Å². The van der Waals surface area contributed by atoms with Crippen molar-refractivity contribution in [2.75, 3.05) is 26.2 Å². The van der Waals surface area contributed by atoms with Crippen LogP contribution in [0.1, 0.15) is 25.5 Å². The molecule has 1 aliphatic rings. The van der Waals surface area contributed by atoms with E-state index in [0.717, 1.165) is 30.1 Å². The van der Waals surface area contributed by atoms with Gasteiger partial charge < -0.3 is 14.6 Å². The number of aromatic nitrogens is 1. The molecule has 0 bridgehead atoms. The summed E-state index contributed by atoms with van der Waals surface area (Å²) in [5.41, 5.74) is 0.694. The first-order valence-electron chi connectivity index (χ1n) is 8.34. The number of rotatable bonds is 8. The highest BCUT2D eigenvalue weighted by Gasteiger charge is 2.23. The third-order valence-corrected chi connectivity index (χ3v) is 5.13. The number of nitrogens with one attached hydrogen (secondary N) is 1. The summed E-state index contributed by atoms with van der Waals surface area (Å²) >= 11 is 1.60. The fourth-order valence-corrected chi connectivity index (χ4v) is 3.66. The van der Waals surface area contributed by atoms with Gasteiger partial charge in [-0.25, -0.2) is 0 Å². The predicted octanol–water partition coefficient (Wildman–Crippen LogP) is 2.52. The second-order valence-corrected chi connectivity index (χ2v) is 6.83. The predicted molar refractivity (Wildman–Crippen MR) is 92.8 cm³/mol. The summed E-state index contributed by atoms with van der Waals surface area (Å²) in [7, 11) is 0. The zero-order chi connectivity index (χ0) is 16.8. The molecule has 1 amide bonds. The number of nitrogens with zero attached hydrogens (tertiary/aromatic N) is 2. The molecule has 3 rings (SSSR count). The average molecular weight is 349 g/mol. The van der Waals surface area contributed by atoms with Crippen molar-refractivity contribution >= 4 is 17.2 Å². The van der Waals surface area contributed by atoms with E-state index in [-0.39, 0.29) is 19.1 Å². The maximum absolute atomic E-state index is 11.9. The third-order valence-electron chi connectivity index (χ3n) is 4.25. The second kappa shape index (κ2) is 8.41. The van der Waals surface area contributed by atoms with E-state index < -0.39 is 0 Å². The lowest BCUT2D eigenvalue weighted by Gasteiger charge is -2.22. The summed E-state index contributed by atoms with van der Waals surface area (Å²) in [6.45, 7) is 5.34. The fourth-order valence-electron chi connectivity index (χ4n) is 2.99. The monoisotopic (exact) mass is 349 g/mol. The van der Waals surface area contributed by atoms with Crippen LogP contribution in [0, 0.1) is 0 Å². The lowest BCUT2D eigenvalue weighted by molar-refractivity contribution is -0.126. The van der Waals surface area contributed by atoms with Gasteiger partial charge in [-0.15, -0.1) is 11.3 Å². The number of carbonyl (C=O) groups is 1. The van der Waals surface area contributed by atoms with E-state index in [9.17, 15) is 4.79 Å². The molecule has 2 aromatic heterocycles. The van der Waals surface area contributed by atoms with E-state index >= 15 is 0 Å². The van der Waals surface area contributed by atoms with Crippen LogP contribution in [-0.2, 0) is 16.1 Å². The van der Waals surface area contributed by atoms with Crippen molar-refractivity contribution in [2.45, 2.75) is 32.4 Å². The first kappa shape index (κ1) is 17.1. The minimum absolute atomic E-state index is 0.0417. The topological polar surface area (TPSA) is 67.6 Å². The summed E-state index contributed by atoms with van der Waals surface area (Å²) in [5.74, 6) is 0.647. The Morgan fingerprint density at radius 2 is 2.50 bits per heavy atom. The molecule has 0 aromatic carbocycles. The van der Waals surface area contributed by atoms with Crippen LogP contribution in [0.2, 0.25) is 0 Å². The van der Waals surface area contributed by atoms with Gasteiger partial charge in [0.05, 0.1) is 11.5 Å². The Kier molecular flexibility index (Phi) is 6.01. The van der Waals surface area contributed by atoms with Crippen molar-refractivity contribution in [1.29, 1.82) is 0 Å². The third kappa shape index (κ3) is 4.43. The smallest absolute Gasteiger partial charge is 0.246 e. The largest absolute Gasteiger partial charge is 0.365 e. The Bertz CT molecular complexity index is 641. The molecule has 2 aromatic rings. The molecule has 1 saturated heterocycles. The highest BCUT2D eigenvalue weighted by molar-refractivity contribution is 7.13. The molecule has 1 N–H and O–H groups in total. The fraction of sp³-hybridized carbons (Fsp3) is 0.529. The number of carbonyl (C=O) groups excluding carboxylic acids is 1. The van der Waals surface area contributed by atoms with Crippen molar-refractivity contribution < 1.29 is 14.1 Å². The highest BCUT2D eigenvalue weighted by atomic mass is 32.1. The molecular formula is C17H23N3O3S. The molecule has 1 aliphatic heterocycles. The first-order chi connectivity index (χ1) is 11.8. The molecule has 7 heteroatoms. The summed E-state index contributed by atoms with van der Waals surface area (Å²) in [6.07, 6.45) is 2.36. The van der Waals surface area contributed by atoms with E-state index in [1.807, 2.05) is 23.6 Å². The van der Waals surface area contributed by atoms with Crippen molar-refractivity contribution in [3.63, 3.8) is 0 Å². The van der Waals surface area contributed by atoms with Gasteiger partial charge in [-0.05, 0) is 37.4 Å². The zero-order valence-electron chi connectivity index (χ0n) is 13.9. The van der Waals surface area contributed by atoms with Crippen LogP contribution in [0.5, 0.6) is 0 Å². The molecule has 1 fully saturated rings. The van der Waals surface area contributed by atoms with Gasteiger partial charge in [0.2, 0.25) is 5.91 Å². The van der Waals surface area contributed by atoms with Crippen molar-refractivity contribution in [2.24, 2.45) is 0 Å². The normalized spacial score (nSPS) is 18.1. The lowest BCUT2D eigenvalue weighted by atomic mass is 10.2. The van der Waals surface area contributed by atoms with Gasteiger partial charge >= 0.3 is 0 Å². The summed E-state index contributed by atoms with van der Waals surface area (Å²) in [4.78, 5) is 15.3. The molecule has 0 radical (unpaired) electrons. The second-order valence-electron chi connectivity index (χ2n) is 5.88. The van der Waals surface area contributed by atoms with Crippen LogP contribution in [0.3, 0.4) is 0 Å². The van der Waals surface area contributed by atoms with Crippen molar-refractivity contribution in [3.8, 4) is 10.6 Å². The van der Waals surface area contributed by atoms with Gasteiger partial charge in [0.15, 0.2) is 5.76 Å². The SMILES string of the molecule is CCN1CCCC1CNC(=O)COCc1cc(-c2cccs2)on1. The number of amides is 1. The van der Waals surface area contributed by atoms with Gasteiger partial charge in [-0.2, -0.15) is 0 Å². The van der Waals surface area contributed by atoms with E-state index in [0.29, 0.717) is 18.3 Å². The minimum atomic E-state index is -0.0834. The Hall–Kier alpha value is -1.70. The molecule has 130 valence electrons. The number of thiophene rings is 1. The van der Waals surface area contributed by atoms with E-state index in [2.05, 4.69) is 22.3 Å². The zero-order valence-corrected chi connectivity index (χ0v) is 14.7. The maximum Gasteiger partial charge on any atom is 0.246 e. The molecule has 0 saturated carbocycles. The Morgan fingerprint density at radius 1 is 1.58 bits per heavy atom. The quantitative estimate of drug-likeness (QED) is 0.793. The average Bonchev–Trinajstić information content (AvgIpc) is 3.32. The van der Waals surface area contributed by atoms with E-state index in [4.69, 9.17) is 9.26 Å². The molecule has 6 nitrogen and oxygen atoms in total. The van der Waals surface area contributed by atoms with Gasteiger partial charge in [-0.1, -0.05) is 18.1 Å².